The number of aromatic nitrogens is 1. The summed E-state index contributed by atoms with van der Waals surface area (Å²) in [6, 6.07) is 9.54. The number of amides is 1. The van der Waals surface area contributed by atoms with Crippen molar-refractivity contribution in [2.45, 2.75) is 59.5 Å². The molecule has 0 bridgehead atoms. The molecule has 1 amide bonds. The van der Waals surface area contributed by atoms with Crippen LogP contribution in [0.15, 0.2) is 34.0 Å². The maximum absolute atomic E-state index is 13.5. The van der Waals surface area contributed by atoms with Crippen molar-refractivity contribution in [3.8, 4) is 6.07 Å². The number of nitrogens with zero attached hydrogens (tertiary/aromatic N) is 4. The average molecular weight is 555 g/mol. The number of nitriles is 1. The molecule has 4 rings (SSSR count). The van der Waals surface area contributed by atoms with E-state index in [4.69, 9.17) is 23.8 Å². The number of hydrogen-bond acceptors (Lipinski definition) is 6. The van der Waals surface area contributed by atoms with Crippen molar-refractivity contribution >= 4 is 57.7 Å². The van der Waals surface area contributed by atoms with E-state index in [1.807, 2.05) is 24.3 Å². The Morgan fingerprint density at radius 1 is 1.30 bits per heavy atom. The molecule has 194 valence electrons. The van der Waals surface area contributed by atoms with Gasteiger partial charge in [0.25, 0.3) is 11.5 Å². The second-order valence-electron chi connectivity index (χ2n) is 9.71. The van der Waals surface area contributed by atoms with Gasteiger partial charge < -0.3 is 4.90 Å². The minimum absolute atomic E-state index is 0.128. The van der Waals surface area contributed by atoms with Crippen LogP contribution in [-0.4, -0.2) is 32.8 Å². The second-order valence-corrected chi connectivity index (χ2v) is 11.8. The van der Waals surface area contributed by atoms with E-state index < -0.39 is 0 Å². The molecule has 2 saturated heterocycles. The standard InChI is InChI=1S/C28H31ClN4O2S2/c1-4-5-13-32-25(31-12-8-9-18(2)16-31)21(19(3)22(15-30)26(32)34)14-24-27(35)33(28(36)37-24)17-20-10-6-7-11-23(20)29/h6-7,10-11,14,18H,4-5,8-9,12-13,16-17H2,1-3H3. The van der Waals surface area contributed by atoms with E-state index in [9.17, 15) is 14.9 Å². The number of anilines is 1. The molecule has 0 radical (unpaired) electrons. The minimum atomic E-state index is -0.259. The Kier molecular flexibility index (Phi) is 8.79. The van der Waals surface area contributed by atoms with Crippen molar-refractivity contribution in [1.82, 2.24) is 9.47 Å². The number of halogens is 1. The van der Waals surface area contributed by atoms with Crippen LogP contribution in [0.4, 0.5) is 5.82 Å². The third kappa shape index (κ3) is 5.64. The van der Waals surface area contributed by atoms with Gasteiger partial charge in [0.2, 0.25) is 0 Å². The molecule has 37 heavy (non-hydrogen) atoms. The van der Waals surface area contributed by atoms with Gasteiger partial charge in [-0.2, -0.15) is 5.26 Å². The van der Waals surface area contributed by atoms with Crippen molar-refractivity contribution in [1.29, 1.82) is 5.26 Å². The van der Waals surface area contributed by atoms with E-state index in [2.05, 4.69) is 24.8 Å². The fourth-order valence-electron chi connectivity index (χ4n) is 4.95. The Hall–Kier alpha value is -2.60. The Morgan fingerprint density at radius 3 is 2.73 bits per heavy atom. The van der Waals surface area contributed by atoms with E-state index in [-0.39, 0.29) is 23.6 Å². The van der Waals surface area contributed by atoms with Crippen LogP contribution >= 0.6 is 35.6 Å². The fraction of sp³-hybridized carbons (Fsp3) is 0.429. The molecular formula is C28H31ClN4O2S2. The number of rotatable bonds is 7. The fourth-order valence-corrected chi connectivity index (χ4v) is 6.39. The van der Waals surface area contributed by atoms with Gasteiger partial charge in [-0.3, -0.25) is 19.1 Å². The highest BCUT2D eigenvalue weighted by molar-refractivity contribution is 8.26. The molecule has 0 N–H and O–H groups in total. The predicted octanol–water partition coefficient (Wildman–Crippen LogP) is 6.12. The third-order valence-corrected chi connectivity index (χ3v) is 8.72. The zero-order valence-corrected chi connectivity index (χ0v) is 23.8. The van der Waals surface area contributed by atoms with Gasteiger partial charge in [-0.05, 0) is 55.4 Å². The van der Waals surface area contributed by atoms with E-state index in [1.165, 1.54) is 11.8 Å². The first-order valence-corrected chi connectivity index (χ1v) is 14.3. The van der Waals surface area contributed by atoms with Gasteiger partial charge in [-0.15, -0.1) is 0 Å². The van der Waals surface area contributed by atoms with Crippen molar-refractivity contribution in [3.63, 3.8) is 0 Å². The van der Waals surface area contributed by atoms with Crippen molar-refractivity contribution in [2.75, 3.05) is 18.0 Å². The molecule has 1 unspecified atom stereocenters. The molecule has 1 aromatic heterocycles. The highest BCUT2D eigenvalue weighted by Crippen LogP contribution is 2.38. The monoisotopic (exact) mass is 554 g/mol. The molecule has 0 aliphatic carbocycles. The third-order valence-electron chi connectivity index (χ3n) is 6.97. The average Bonchev–Trinajstić information content (AvgIpc) is 3.13. The van der Waals surface area contributed by atoms with Crippen LogP contribution < -0.4 is 10.5 Å². The largest absolute Gasteiger partial charge is 0.357 e. The summed E-state index contributed by atoms with van der Waals surface area (Å²) < 4.78 is 2.21. The molecule has 2 aromatic rings. The number of hydrogen-bond donors (Lipinski definition) is 0. The van der Waals surface area contributed by atoms with Gasteiger partial charge in [0, 0.05) is 30.2 Å². The lowest BCUT2D eigenvalue weighted by Crippen LogP contribution is -2.40. The number of unbranched alkanes of at least 4 members (excludes halogenated alkanes) is 1. The Morgan fingerprint density at radius 2 is 2.05 bits per heavy atom. The molecule has 2 aliphatic heterocycles. The summed E-state index contributed by atoms with van der Waals surface area (Å²) in [7, 11) is 0. The number of thioether (sulfide) groups is 1. The zero-order chi connectivity index (χ0) is 26.7. The summed E-state index contributed by atoms with van der Waals surface area (Å²) in [6.07, 6.45) is 5.75. The lowest BCUT2D eigenvalue weighted by Gasteiger charge is -2.36. The first kappa shape index (κ1) is 27.4. The van der Waals surface area contributed by atoms with Crippen LogP contribution in [0, 0.1) is 24.2 Å². The van der Waals surface area contributed by atoms with Crippen molar-refractivity contribution in [2.24, 2.45) is 5.92 Å². The number of carbonyl (C=O) groups is 1. The van der Waals surface area contributed by atoms with E-state index >= 15 is 0 Å². The van der Waals surface area contributed by atoms with Gasteiger partial charge in [0.1, 0.15) is 21.8 Å². The summed E-state index contributed by atoms with van der Waals surface area (Å²) in [6.45, 7) is 8.57. The number of piperidine rings is 1. The van der Waals surface area contributed by atoms with Crippen LogP contribution in [0.3, 0.4) is 0 Å². The molecule has 9 heteroatoms. The Labute approximate surface area is 232 Å². The quantitative estimate of drug-likeness (QED) is 0.303. The Balaban J connectivity index is 1.83. The highest BCUT2D eigenvalue weighted by atomic mass is 35.5. The highest BCUT2D eigenvalue weighted by Gasteiger charge is 2.34. The molecule has 1 aromatic carbocycles. The van der Waals surface area contributed by atoms with Crippen LogP contribution in [0.1, 0.15) is 61.8 Å². The number of carbonyl (C=O) groups excluding carboxylic acids is 1. The zero-order valence-electron chi connectivity index (χ0n) is 21.4. The van der Waals surface area contributed by atoms with Crippen molar-refractivity contribution < 1.29 is 4.79 Å². The van der Waals surface area contributed by atoms with Gasteiger partial charge in [0.15, 0.2) is 0 Å². The number of thiocarbonyl (C=S) groups is 1. The van der Waals surface area contributed by atoms with E-state index in [0.717, 1.165) is 55.7 Å². The predicted molar refractivity (Wildman–Crippen MR) is 156 cm³/mol. The van der Waals surface area contributed by atoms with Crippen molar-refractivity contribution in [3.05, 3.63) is 66.8 Å². The molecule has 2 aliphatic rings. The maximum atomic E-state index is 13.5. The topological polar surface area (TPSA) is 69.3 Å². The van der Waals surface area contributed by atoms with Crippen LogP contribution in [0.25, 0.3) is 6.08 Å². The maximum Gasteiger partial charge on any atom is 0.270 e. The normalized spacial score (nSPS) is 19.1. The number of benzene rings is 1. The lowest BCUT2D eigenvalue weighted by molar-refractivity contribution is -0.122. The van der Waals surface area contributed by atoms with Gasteiger partial charge in [0.05, 0.1) is 11.4 Å². The smallest absolute Gasteiger partial charge is 0.270 e. The second kappa shape index (κ2) is 11.8. The molecule has 2 fully saturated rings. The molecule has 1 atom stereocenters. The van der Waals surface area contributed by atoms with Gasteiger partial charge in [-0.1, -0.05) is 74.0 Å². The van der Waals surface area contributed by atoms with Crippen LogP contribution in [0.2, 0.25) is 5.02 Å². The lowest BCUT2D eigenvalue weighted by atomic mass is 9.98. The summed E-state index contributed by atoms with van der Waals surface area (Å²) in [5, 5.41) is 10.5. The number of pyridine rings is 1. The molecule has 6 nitrogen and oxygen atoms in total. The molecule has 0 saturated carbocycles. The molecule has 0 spiro atoms. The molecule has 3 heterocycles. The summed E-state index contributed by atoms with van der Waals surface area (Å²) >= 11 is 13.2. The first-order chi connectivity index (χ1) is 17.8. The Bertz CT molecular complexity index is 1360. The SMILES string of the molecule is CCCCn1c(N2CCCC(C)C2)c(C=C2SC(=S)N(Cc3ccccc3Cl)C2=O)c(C)c(C#N)c1=O. The van der Waals surface area contributed by atoms with Gasteiger partial charge >= 0.3 is 0 Å². The summed E-state index contributed by atoms with van der Waals surface area (Å²) in [4.78, 5) is 31.3. The molecular weight excluding hydrogens is 524 g/mol. The van der Waals surface area contributed by atoms with Crippen LogP contribution in [-0.2, 0) is 17.9 Å². The first-order valence-electron chi connectivity index (χ1n) is 12.7. The van der Waals surface area contributed by atoms with E-state index in [0.29, 0.717) is 32.3 Å². The van der Waals surface area contributed by atoms with Crippen LogP contribution in [0.5, 0.6) is 0 Å². The summed E-state index contributed by atoms with van der Waals surface area (Å²) in [5.41, 5.74) is 2.04. The van der Waals surface area contributed by atoms with E-state index in [1.54, 1.807) is 22.5 Å². The van der Waals surface area contributed by atoms with Gasteiger partial charge in [-0.25, -0.2) is 0 Å². The minimum Gasteiger partial charge on any atom is -0.357 e. The summed E-state index contributed by atoms with van der Waals surface area (Å²) in [5.74, 6) is 1.09.